The molecule has 0 unspecified atom stereocenters. The number of hydrogen-bond acceptors (Lipinski definition) is 4. The number of ether oxygens (including phenoxy) is 1. The molecule has 0 atom stereocenters. The SMILES string of the molecule is N#Cc1ccc(-c2cc(-c3ccccc3)nc(-c3ccc(-c4ccc5c(c4)C(c4ccccc4)(c4ccccc4)c4ccccc4O5)cc3)n2)cc1. The van der Waals surface area contributed by atoms with Gasteiger partial charge in [-0.05, 0) is 58.7 Å². The number of aromatic nitrogens is 2. The molecule has 0 saturated carbocycles. The molecule has 52 heavy (non-hydrogen) atoms. The van der Waals surface area contributed by atoms with Gasteiger partial charge in [-0.25, -0.2) is 9.97 Å². The number of benzene rings is 7. The van der Waals surface area contributed by atoms with Gasteiger partial charge in [-0.1, -0.05) is 152 Å². The summed E-state index contributed by atoms with van der Waals surface area (Å²) in [7, 11) is 0. The predicted molar refractivity (Wildman–Crippen MR) is 207 cm³/mol. The Labute approximate surface area is 303 Å². The summed E-state index contributed by atoms with van der Waals surface area (Å²) in [4.78, 5) is 10.0. The van der Waals surface area contributed by atoms with Crippen LogP contribution in [0.3, 0.4) is 0 Å². The molecule has 0 N–H and O–H groups in total. The van der Waals surface area contributed by atoms with E-state index in [1.165, 1.54) is 11.1 Å². The van der Waals surface area contributed by atoms with E-state index in [-0.39, 0.29) is 0 Å². The first-order chi connectivity index (χ1) is 25.7. The Balaban J connectivity index is 1.16. The molecule has 0 radical (unpaired) electrons. The smallest absolute Gasteiger partial charge is 0.160 e. The van der Waals surface area contributed by atoms with Crippen molar-refractivity contribution in [2.24, 2.45) is 0 Å². The van der Waals surface area contributed by atoms with E-state index in [4.69, 9.17) is 14.7 Å². The first-order valence-corrected chi connectivity index (χ1v) is 17.3. The van der Waals surface area contributed by atoms with E-state index < -0.39 is 5.41 Å². The van der Waals surface area contributed by atoms with Gasteiger partial charge in [-0.3, -0.25) is 0 Å². The Morgan fingerprint density at radius 1 is 0.423 bits per heavy atom. The fourth-order valence-electron chi connectivity index (χ4n) is 7.39. The van der Waals surface area contributed by atoms with Gasteiger partial charge in [0.25, 0.3) is 0 Å². The molecule has 2 heterocycles. The Morgan fingerprint density at radius 2 is 0.923 bits per heavy atom. The van der Waals surface area contributed by atoms with Gasteiger partial charge in [-0.2, -0.15) is 5.26 Å². The van der Waals surface area contributed by atoms with Crippen molar-refractivity contribution in [3.8, 4) is 62.6 Å². The third-order valence-corrected chi connectivity index (χ3v) is 9.89. The van der Waals surface area contributed by atoms with Gasteiger partial charge < -0.3 is 4.74 Å². The van der Waals surface area contributed by atoms with E-state index in [0.29, 0.717) is 11.4 Å². The largest absolute Gasteiger partial charge is 0.457 e. The zero-order chi connectivity index (χ0) is 34.9. The number of fused-ring (bicyclic) bond motifs is 2. The molecule has 8 aromatic rings. The van der Waals surface area contributed by atoms with Crippen LogP contribution in [0.25, 0.3) is 45.0 Å². The molecule has 1 aromatic heterocycles. The van der Waals surface area contributed by atoms with Crippen LogP contribution in [0.4, 0.5) is 0 Å². The van der Waals surface area contributed by atoms with E-state index in [9.17, 15) is 5.26 Å². The molecular weight excluding hydrogens is 635 g/mol. The number of para-hydroxylation sites is 1. The number of rotatable bonds is 6. The van der Waals surface area contributed by atoms with Gasteiger partial charge >= 0.3 is 0 Å². The van der Waals surface area contributed by atoms with Crippen LogP contribution < -0.4 is 4.74 Å². The number of nitrogens with zero attached hydrogens (tertiary/aromatic N) is 3. The predicted octanol–water partition coefficient (Wildman–Crippen LogP) is 11.5. The summed E-state index contributed by atoms with van der Waals surface area (Å²) in [6.07, 6.45) is 0. The lowest BCUT2D eigenvalue weighted by Gasteiger charge is -2.41. The second kappa shape index (κ2) is 13.0. The Bertz CT molecular complexity index is 2540. The van der Waals surface area contributed by atoms with E-state index in [0.717, 1.165) is 61.8 Å². The van der Waals surface area contributed by atoms with Gasteiger partial charge in [0.1, 0.15) is 11.5 Å². The molecule has 0 spiro atoms. The molecule has 244 valence electrons. The van der Waals surface area contributed by atoms with Crippen LogP contribution in [0.15, 0.2) is 188 Å². The van der Waals surface area contributed by atoms with Gasteiger partial charge in [0.15, 0.2) is 5.82 Å². The molecule has 0 bridgehead atoms. The Morgan fingerprint density at radius 3 is 1.56 bits per heavy atom. The van der Waals surface area contributed by atoms with Crippen LogP contribution in [0.1, 0.15) is 27.8 Å². The van der Waals surface area contributed by atoms with Gasteiger partial charge in [0, 0.05) is 27.8 Å². The summed E-state index contributed by atoms with van der Waals surface area (Å²) in [5, 5.41) is 9.34. The maximum absolute atomic E-state index is 9.34. The van der Waals surface area contributed by atoms with Crippen molar-refractivity contribution in [3.63, 3.8) is 0 Å². The minimum absolute atomic E-state index is 0.587. The van der Waals surface area contributed by atoms with Crippen LogP contribution in [0.5, 0.6) is 11.5 Å². The highest BCUT2D eigenvalue weighted by Crippen LogP contribution is 2.55. The van der Waals surface area contributed by atoms with E-state index >= 15 is 0 Å². The van der Waals surface area contributed by atoms with Crippen molar-refractivity contribution >= 4 is 0 Å². The fraction of sp³-hybridized carbons (Fsp3) is 0.0208. The first kappa shape index (κ1) is 30.9. The molecule has 0 amide bonds. The second-order valence-corrected chi connectivity index (χ2v) is 12.9. The molecule has 4 nitrogen and oxygen atoms in total. The summed E-state index contributed by atoms with van der Waals surface area (Å²) in [5.41, 5.74) is 11.2. The highest BCUT2D eigenvalue weighted by Gasteiger charge is 2.45. The molecule has 4 heteroatoms. The molecule has 0 aliphatic carbocycles. The maximum Gasteiger partial charge on any atom is 0.160 e. The topological polar surface area (TPSA) is 58.8 Å². The maximum atomic E-state index is 9.34. The van der Waals surface area contributed by atoms with Crippen LogP contribution in [-0.4, -0.2) is 9.97 Å². The third-order valence-electron chi connectivity index (χ3n) is 9.89. The summed E-state index contributed by atoms with van der Waals surface area (Å²) < 4.78 is 6.62. The standard InChI is InChI=1S/C48H31N3O/c49-32-33-20-22-36(23-21-33)44-31-43(35-12-4-1-5-13-35)50-47(51-44)37-26-24-34(25-27-37)38-28-29-46-42(30-38)48(39-14-6-2-7-15-39,40-16-8-3-9-17-40)41-18-10-11-19-45(41)52-46/h1-31H. The molecule has 7 aromatic carbocycles. The lowest BCUT2D eigenvalue weighted by atomic mass is 9.63. The van der Waals surface area contributed by atoms with E-state index in [2.05, 4.69) is 140 Å². The normalized spacial score (nSPS) is 12.5. The fourth-order valence-corrected chi connectivity index (χ4v) is 7.39. The molecule has 1 aliphatic heterocycles. The number of hydrogen-bond donors (Lipinski definition) is 0. The minimum Gasteiger partial charge on any atom is -0.457 e. The average Bonchev–Trinajstić information content (AvgIpc) is 3.23. The highest BCUT2D eigenvalue weighted by atomic mass is 16.5. The third kappa shape index (κ3) is 5.33. The van der Waals surface area contributed by atoms with Gasteiger partial charge in [-0.15, -0.1) is 0 Å². The molecule has 0 saturated heterocycles. The van der Waals surface area contributed by atoms with Crippen molar-refractivity contribution in [1.29, 1.82) is 5.26 Å². The summed E-state index contributed by atoms with van der Waals surface area (Å²) in [6, 6.07) is 66.7. The summed E-state index contributed by atoms with van der Waals surface area (Å²) in [5.74, 6) is 2.33. The van der Waals surface area contributed by atoms with E-state index in [1.807, 2.05) is 54.6 Å². The average molecular weight is 666 g/mol. The van der Waals surface area contributed by atoms with Gasteiger partial charge in [0.05, 0.1) is 28.4 Å². The lowest BCUT2D eigenvalue weighted by molar-refractivity contribution is 0.434. The molecule has 9 rings (SSSR count). The van der Waals surface area contributed by atoms with Crippen LogP contribution in [-0.2, 0) is 5.41 Å². The van der Waals surface area contributed by atoms with Crippen LogP contribution in [0, 0.1) is 11.3 Å². The molecule has 0 fully saturated rings. The monoisotopic (exact) mass is 665 g/mol. The minimum atomic E-state index is -0.587. The van der Waals surface area contributed by atoms with Gasteiger partial charge in [0.2, 0.25) is 0 Å². The van der Waals surface area contributed by atoms with Crippen molar-refractivity contribution in [2.75, 3.05) is 0 Å². The quantitative estimate of drug-likeness (QED) is 0.177. The molecule has 1 aliphatic rings. The van der Waals surface area contributed by atoms with E-state index in [1.54, 1.807) is 0 Å². The second-order valence-electron chi connectivity index (χ2n) is 12.9. The summed E-state index contributed by atoms with van der Waals surface area (Å²) in [6.45, 7) is 0. The number of nitriles is 1. The molecular formula is C48H31N3O. The van der Waals surface area contributed by atoms with Crippen molar-refractivity contribution < 1.29 is 4.74 Å². The zero-order valence-corrected chi connectivity index (χ0v) is 28.1. The zero-order valence-electron chi connectivity index (χ0n) is 28.1. The van der Waals surface area contributed by atoms with Crippen molar-refractivity contribution in [2.45, 2.75) is 5.41 Å². The summed E-state index contributed by atoms with van der Waals surface area (Å²) >= 11 is 0. The van der Waals surface area contributed by atoms with Crippen LogP contribution in [0.2, 0.25) is 0 Å². The highest BCUT2D eigenvalue weighted by molar-refractivity contribution is 5.77. The Kier molecular flexibility index (Phi) is 7.72. The first-order valence-electron chi connectivity index (χ1n) is 17.3. The van der Waals surface area contributed by atoms with Crippen molar-refractivity contribution in [3.05, 3.63) is 216 Å². The Hall–Kier alpha value is -7.09. The van der Waals surface area contributed by atoms with Crippen LogP contribution >= 0.6 is 0 Å². The lowest BCUT2D eigenvalue weighted by Crippen LogP contribution is -2.34. The van der Waals surface area contributed by atoms with Crippen molar-refractivity contribution in [1.82, 2.24) is 9.97 Å².